The molecular weight excluding hydrogens is 334 g/mol. The molecule has 0 fully saturated rings. The molecule has 2 heterocycles. The van der Waals surface area contributed by atoms with Gasteiger partial charge in [-0.2, -0.15) is 0 Å². The second-order valence-corrected chi connectivity index (χ2v) is 5.87. The summed E-state index contributed by atoms with van der Waals surface area (Å²) in [5.41, 5.74) is 2.77. The van der Waals surface area contributed by atoms with Gasteiger partial charge in [0.05, 0.1) is 21.9 Å². The summed E-state index contributed by atoms with van der Waals surface area (Å²) in [6.45, 7) is 5.44. The monoisotopic (exact) mass is 351 g/mol. The SMILES string of the molecule is CC(=Nc1ncccc1C)c1c(C)[nH]n(-c2ccc([N+](=O)[O-])cc2)c1=O. The number of pyridine rings is 1. The van der Waals surface area contributed by atoms with Crippen molar-refractivity contribution in [3.05, 3.63) is 79.9 Å². The number of nitro benzene ring substituents is 1. The Morgan fingerprint density at radius 3 is 2.54 bits per heavy atom. The zero-order valence-corrected chi connectivity index (χ0v) is 14.6. The molecule has 0 saturated heterocycles. The molecule has 132 valence electrons. The van der Waals surface area contributed by atoms with Crippen molar-refractivity contribution in [2.24, 2.45) is 4.99 Å². The van der Waals surface area contributed by atoms with E-state index in [1.54, 1.807) is 20.0 Å². The average molecular weight is 351 g/mol. The molecule has 8 heteroatoms. The van der Waals surface area contributed by atoms with Crippen LogP contribution in [0.15, 0.2) is 52.4 Å². The van der Waals surface area contributed by atoms with Crippen LogP contribution in [-0.2, 0) is 0 Å². The molecule has 0 amide bonds. The lowest BCUT2D eigenvalue weighted by atomic mass is 10.1. The van der Waals surface area contributed by atoms with Crippen LogP contribution in [0.5, 0.6) is 0 Å². The smallest absolute Gasteiger partial charge is 0.280 e. The number of nitro groups is 1. The number of H-pyrrole nitrogens is 1. The van der Waals surface area contributed by atoms with Gasteiger partial charge >= 0.3 is 0 Å². The molecule has 0 aliphatic heterocycles. The van der Waals surface area contributed by atoms with E-state index in [1.165, 1.54) is 28.9 Å². The van der Waals surface area contributed by atoms with Gasteiger partial charge in [-0.3, -0.25) is 20.0 Å². The zero-order valence-electron chi connectivity index (χ0n) is 14.6. The Morgan fingerprint density at radius 1 is 1.23 bits per heavy atom. The molecule has 0 spiro atoms. The van der Waals surface area contributed by atoms with Crippen molar-refractivity contribution in [2.75, 3.05) is 0 Å². The predicted octanol–water partition coefficient (Wildman–Crippen LogP) is 3.23. The van der Waals surface area contributed by atoms with Gasteiger partial charge in [0.15, 0.2) is 5.82 Å². The fraction of sp³-hybridized carbons (Fsp3) is 0.167. The number of benzene rings is 1. The van der Waals surface area contributed by atoms with Crippen LogP contribution in [-0.4, -0.2) is 25.4 Å². The van der Waals surface area contributed by atoms with Crippen LogP contribution in [0.4, 0.5) is 11.5 Å². The summed E-state index contributed by atoms with van der Waals surface area (Å²) in [4.78, 5) is 31.8. The molecule has 1 N–H and O–H groups in total. The van der Waals surface area contributed by atoms with Gasteiger partial charge in [0, 0.05) is 24.0 Å². The predicted molar refractivity (Wildman–Crippen MR) is 98.6 cm³/mol. The first-order valence-corrected chi connectivity index (χ1v) is 7.92. The minimum absolute atomic E-state index is 0.0336. The van der Waals surface area contributed by atoms with E-state index in [0.717, 1.165) is 5.56 Å². The first-order valence-electron chi connectivity index (χ1n) is 7.92. The number of aromatic nitrogens is 3. The summed E-state index contributed by atoms with van der Waals surface area (Å²) in [5, 5.41) is 13.8. The fourth-order valence-electron chi connectivity index (χ4n) is 2.69. The van der Waals surface area contributed by atoms with E-state index in [9.17, 15) is 14.9 Å². The highest BCUT2D eigenvalue weighted by molar-refractivity contribution is 6.00. The Balaban J connectivity index is 2.04. The molecule has 3 aromatic rings. The zero-order chi connectivity index (χ0) is 18.8. The molecule has 0 saturated carbocycles. The highest BCUT2D eigenvalue weighted by Gasteiger charge is 2.16. The summed E-state index contributed by atoms with van der Waals surface area (Å²) < 4.78 is 1.35. The molecule has 0 unspecified atom stereocenters. The molecule has 26 heavy (non-hydrogen) atoms. The van der Waals surface area contributed by atoms with E-state index in [2.05, 4.69) is 15.1 Å². The summed E-state index contributed by atoms with van der Waals surface area (Å²) in [7, 11) is 0. The standard InChI is InChI=1S/C18H17N5O3/c1-11-5-4-10-19-17(11)20-12(2)16-13(3)21-22(18(16)24)14-6-8-15(9-7-14)23(25)26/h4-10,21H,1-3H3. The van der Waals surface area contributed by atoms with Crippen LogP contribution in [0.3, 0.4) is 0 Å². The summed E-state index contributed by atoms with van der Waals surface area (Å²) in [6, 6.07) is 9.49. The first kappa shape index (κ1) is 17.3. The van der Waals surface area contributed by atoms with Gasteiger partial charge in [0.25, 0.3) is 11.2 Å². The number of hydrogen-bond donors (Lipinski definition) is 1. The lowest BCUT2D eigenvalue weighted by Crippen LogP contribution is -2.19. The van der Waals surface area contributed by atoms with Crippen molar-refractivity contribution in [3.63, 3.8) is 0 Å². The van der Waals surface area contributed by atoms with Crippen molar-refractivity contribution in [1.29, 1.82) is 0 Å². The number of aryl methyl sites for hydroxylation is 2. The quantitative estimate of drug-likeness (QED) is 0.442. The van der Waals surface area contributed by atoms with Gasteiger partial charge in [-0.25, -0.2) is 14.7 Å². The Hall–Kier alpha value is -3.55. The molecular formula is C18H17N5O3. The third-order valence-electron chi connectivity index (χ3n) is 4.01. The molecule has 2 aromatic heterocycles. The summed E-state index contributed by atoms with van der Waals surface area (Å²) in [6.07, 6.45) is 1.65. The second kappa shape index (κ2) is 6.75. The van der Waals surface area contributed by atoms with Crippen molar-refractivity contribution < 1.29 is 4.92 Å². The summed E-state index contributed by atoms with van der Waals surface area (Å²) in [5.74, 6) is 0.562. The van der Waals surface area contributed by atoms with E-state index in [1.807, 2.05) is 19.1 Å². The minimum atomic E-state index is -0.482. The Morgan fingerprint density at radius 2 is 1.92 bits per heavy atom. The Bertz CT molecular complexity index is 1060. The minimum Gasteiger partial charge on any atom is -0.295 e. The van der Waals surface area contributed by atoms with E-state index >= 15 is 0 Å². The van der Waals surface area contributed by atoms with Gasteiger partial charge in [-0.15, -0.1) is 0 Å². The molecule has 0 aliphatic carbocycles. The Kier molecular flexibility index (Phi) is 4.49. The van der Waals surface area contributed by atoms with Crippen LogP contribution in [0.1, 0.15) is 23.7 Å². The van der Waals surface area contributed by atoms with Gasteiger partial charge < -0.3 is 0 Å². The maximum Gasteiger partial charge on any atom is 0.280 e. The van der Waals surface area contributed by atoms with Crippen molar-refractivity contribution in [1.82, 2.24) is 14.8 Å². The first-order chi connectivity index (χ1) is 12.4. The van der Waals surface area contributed by atoms with Gasteiger partial charge in [-0.05, 0) is 44.5 Å². The number of hydrogen-bond acceptors (Lipinski definition) is 5. The number of nitrogens with one attached hydrogen (secondary N) is 1. The van der Waals surface area contributed by atoms with E-state index in [0.29, 0.717) is 28.5 Å². The number of aromatic amines is 1. The van der Waals surface area contributed by atoms with Crippen LogP contribution < -0.4 is 5.56 Å². The van der Waals surface area contributed by atoms with Crippen LogP contribution >= 0.6 is 0 Å². The van der Waals surface area contributed by atoms with E-state index in [4.69, 9.17) is 0 Å². The van der Waals surface area contributed by atoms with Crippen LogP contribution in [0.25, 0.3) is 5.69 Å². The van der Waals surface area contributed by atoms with Gasteiger partial charge in [-0.1, -0.05) is 6.07 Å². The number of non-ortho nitro benzene ring substituents is 1. The topological polar surface area (TPSA) is 106 Å². The third-order valence-corrected chi connectivity index (χ3v) is 4.01. The number of nitrogens with zero attached hydrogens (tertiary/aromatic N) is 4. The highest BCUT2D eigenvalue weighted by atomic mass is 16.6. The molecule has 1 aromatic carbocycles. The fourth-order valence-corrected chi connectivity index (χ4v) is 2.69. The van der Waals surface area contributed by atoms with E-state index in [-0.39, 0.29) is 11.2 Å². The van der Waals surface area contributed by atoms with Crippen LogP contribution in [0.2, 0.25) is 0 Å². The van der Waals surface area contributed by atoms with E-state index < -0.39 is 4.92 Å². The third kappa shape index (κ3) is 3.16. The highest BCUT2D eigenvalue weighted by Crippen LogP contribution is 2.17. The largest absolute Gasteiger partial charge is 0.295 e. The lowest BCUT2D eigenvalue weighted by molar-refractivity contribution is -0.384. The van der Waals surface area contributed by atoms with Crippen molar-refractivity contribution >= 4 is 17.2 Å². The summed E-state index contributed by atoms with van der Waals surface area (Å²) >= 11 is 0. The molecule has 3 rings (SSSR count). The number of rotatable bonds is 4. The normalized spacial score (nSPS) is 11.6. The van der Waals surface area contributed by atoms with Gasteiger partial charge in [0.1, 0.15) is 0 Å². The average Bonchev–Trinajstić information content (AvgIpc) is 2.91. The van der Waals surface area contributed by atoms with Crippen molar-refractivity contribution in [3.8, 4) is 5.69 Å². The lowest BCUT2D eigenvalue weighted by Gasteiger charge is -2.01. The second-order valence-electron chi connectivity index (χ2n) is 5.87. The van der Waals surface area contributed by atoms with Crippen molar-refractivity contribution in [2.45, 2.75) is 20.8 Å². The molecule has 0 atom stereocenters. The Labute approximate surface area is 149 Å². The molecule has 0 bridgehead atoms. The maximum absolute atomic E-state index is 12.8. The maximum atomic E-state index is 12.8. The van der Waals surface area contributed by atoms with Gasteiger partial charge in [0.2, 0.25) is 0 Å². The molecule has 8 nitrogen and oxygen atoms in total. The molecule has 0 aliphatic rings. The molecule has 0 radical (unpaired) electrons. The number of aliphatic imine (C=N–C) groups is 1. The van der Waals surface area contributed by atoms with Crippen LogP contribution in [0, 0.1) is 24.0 Å².